The van der Waals surface area contributed by atoms with Crippen LogP contribution >= 0.6 is 0 Å². The topological polar surface area (TPSA) is 80.7 Å². The number of ether oxygens (including phenoxy) is 1. The lowest BCUT2D eigenvalue weighted by molar-refractivity contribution is -0.158. The quantitative estimate of drug-likeness (QED) is 0.396. The lowest BCUT2D eigenvalue weighted by Crippen LogP contribution is -2.08. The number of carbonyl (C=O) groups is 3. The Hall–Kier alpha value is -1.39. The maximum atomic E-state index is 10.8. The maximum Gasteiger partial charge on any atom is 0.313 e. The van der Waals surface area contributed by atoms with Crippen LogP contribution in [0.2, 0.25) is 0 Å². The average Bonchev–Trinajstić information content (AvgIpc) is 2.01. The van der Waals surface area contributed by atoms with E-state index in [1.807, 2.05) is 0 Å². The Balaban J connectivity index is 3.32. The van der Waals surface area contributed by atoms with Gasteiger partial charge in [0, 0.05) is 19.8 Å². The van der Waals surface area contributed by atoms with Crippen molar-refractivity contribution >= 4 is 17.9 Å². The summed E-state index contributed by atoms with van der Waals surface area (Å²) in [5.41, 5.74) is 0. The van der Waals surface area contributed by atoms with E-state index < -0.39 is 17.9 Å². The fourth-order valence-electron chi connectivity index (χ4n) is 0.934. The first-order valence-corrected chi connectivity index (χ1v) is 4.45. The van der Waals surface area contributed by atoms with Crippen LogP contribution in [0.3, 0.4) is 0 Å². The van der Waals surface area contributed by atoms with Gasteiger partial charge in [0.2, 0.25) is 0 Å². The molecule has 5 nitrogen and oxygen atoms in total. The summed E-state index contributed by atoms with van der Waals surface area (Å²) >= 11 is 0. The zero-order valence-corrected chi connectivity index (χ0v) is 8.12. The standard InChI is InChI=1S/C9H14O5/c1-7(10)14-9(13)6-4-2-3-5-8(11)12/h2-6H2,1H3,(H,11,12). The normalized spacial score (nSPS) is 9.50. The zero-order valence-electron chi connectivity index (χ0n) is 8.12. The summed E-state index contributed by atoms with van der Waals surface area (Å²) in [6.45, 7) is 1.17. The third-order valence-corrected chi connectivity index (χ3v) is 1.53. The zero-order chi connectivity index (χ0) is 11.0. The summed E-state index contributed by atoms with van der Waals surface area (Å²) in [7, 11) is 0. The summed E-state index contributed by atoms with van der Waals surface area (Å²) in [4.78, 5) is 31.2. The molecule has 0 aliphatic rings. The van der Waals surface area contributed by atoms with Crippen LogP contribution in [-0.4, -0.2) is 23.0 Å². The van der Waals surface area contributed by atoms with Crippen LogP contribution in [0, 0.1) is 0 Å². The average molecular weight is 202 g/mol. The molecular weight excluding hydrogens is 188 g/mol. The van der Waals surface area contributed by atoms with Gasteiger partial charge in [0.15, 0.2) is 0 Å². The van der Waals surface area contributed by atoms with Crippen molar-refractivity contribution in [2.24, 2.45) is 0 Å². The lowest BCUT2D eigenvalue weighted by Gasteiger charge is -1.99. The fraction of sp³-hybridized carbons (Fsp3) is 0.667. The predicted molar refractivity (Wildman–Crippen MR) is 47.5 cm³/mol. The summed E-state index contributed by atoms with van der Waals surface area (Å²) in [6, 6.07) is 0. The van der Waals surface area contributed by atoms with Crippen LogP contribution in [-0.2, 0) is 19.1 Å². The molecule has 0 aromatic carbocycles. The van der Waals surface area contributed by atoms with Crippen LogP contribution in [0.4, 0.5) is 0 Å². The molecule has 0 aromatic heterocycles. The molecule has 0 aromatic rings. The van der Waals surface area contributed by atoms with E-state index in [4.69, 9.17) is 5.11 Å². The number of unbranched alkanes of at least 4 members (excludes halogenated alkanes) is 2. The van der Waals surface area contributed by atoms with Crippen molar-refractivity contribution in [3.8, 4) is 0 Å². The highest BCUT2D eigenvalue weighted by molar-refractivity contribution is 5.83. The molecule has 80 valence electrons. The highest BCUT2D eigenvalue weighted by Gasteiger charge is 2.05. The molecule has 14 heavy (non-hydrogen) atoms. The summed E-state index contributed by atoms with van der Waals surface area (Å²) < 4.78 is 4.28. The van der Waals surface area contributed by atoms with E-state index in [0.717, 1.165) is 0 Å². The molecule has 0 amide bonds. The van der Waals surface area contributed by atoms with E-state index in [2.05, 4.69) is 4.74 Å². The number of carboxylic acid groups (broad SMARTS) is 1. The molecule has 0 saturated carbocycles. The van der Waals surface area contributed by atoms with Crippen molar-refractivity contribution in [2.45, 2.75) is 39.0 Å². The monoisotopic (exact) mass is 202 g/mol. The third kappa shape index (κ3) is 8.70. The molecule has 0 fully saturated rings. The van der Waals surface area contributed by atoms with Crippen LogP contribution in [0.5, 0.6) is 0 Å². The van der Waals surface area contributed by atoms with Crippen molar-refractivity contribution in [1.82, 2.24) is 0 Å². The van der Waals surface area contributed by atoms with Gasteiger partial charge in [-0.1, -0.05) is 6.42 Å². The van der Waals surface area contributed by atoms with E-state index in [9.17, 15) is 14.4 Å². The molecule has 0 rings (SSSR count). The molecule has 0 bridgehead atoms. The molecule has 0 saturated heterocycles. The minimum Gasteiger partial charge on any atom is -0.481 e. The number of hydrogen-bond donors (Lipinski definition) is 1. The van der Waals surface area contributed by atoms with Crippen molar-refractivity contribution in [3.63, 3.8) is 0 Å². The van der Waals surface area contributed by atoms with Gasteiger partial charge in [0.05, 0.1) is 0 Å². The van der Waals surface area contributed by atoms with Crippen LogP contribution in [0.1, 0.15) is 39.0 Å². The maximum absolute atomic E-state index is 10.8. The van der Waals surface area contributed by atoms with E-state index >= 15 is 0 Å². The smallest absolute Gasteiger partial charge is 0.313 e. The van der Waals surface area contributed by atoms with Crippen molar-refractivity contribution in [3.05, 3.63) is 0 Å². The van der Waals surface area contributed by atoms with Gasteiger partial charge in [-0.2, -0.15) is 0 Å². The van der Waals surface area contributed by atoms with E-state index in [-0.39, 0.29) is 12.8 Å². The first kappa shape index (κ1) is 12.6. The molecule has 0 heterocycles. The van der Waals surface area contributed by atoms with Crippen molar-refractivity contribution in [1.29, 1.82) is 0 Å². The number of rotatable bonds is 6. The van der Waals surface area contributed by atoms with Crippen LogP contribution < -0.4 is 0 Å². The SMILES string of the molecule is CC(=O)OC(=O)CCCCCC(=O)O. The highest BCUT2D eigenvalue weighted by atomic mass is 16.6. The summed E-state index contributed by atoms with van der Waals surface area (Å²) in [5, 5.41) is 8.30. The van der Waals surface area contributed by atoms with E-state index in [1.54, 1.807) is 0 Å². The summed E-state index contributed by atoms with van der Waals surface area (Å²) in [5.74, 6) is -2.00. The van der Waals surface area contributed by atoms with Gasteiger partial charge < -0.3 is 9.84 Å². The van der Waals surface area contributed by atoms with Crippen molar-refractivity contribution < 1.29 is 24.2 Å². The van der Waals surface area contributed by atoms with Gasteiger partial charge in [0.1, 0.15) is 0 Å². The van der Waals surface area contributed by atoms with Crippen LogP contribution in [0.25, 0.3) is 0 Å². The highest BCUT2D eigenvalue weighted by Crippen LogP contribution is 2.04. The second-order valence-corrected chi connectivity index (χ2v) is 2.92. The first-order valence-electron chi connectivity index (χ1n) is 4.45. The molecule has 0 spiro atoms. The fourth-order valence-corrected chi connectivity index (χ4v) is 0.934. The Bertz CT molecular complexity index is 221. The Morgan fingerprint density at radius 2 is 1.64 bits per heavy atom. The largest absolute Gasteiger partial charge is 0.481 e. The van der Waals surface area contributed by atoms with Gasteiger partial charge >= 0.3 is 17.9 Å². The molecule has 1 N–H and O–H groups in total. The Morgan fingerprint density at radius 3 is 2.14 bits per heavy atom. The number of hydrogen-bond acceptors (Lipinski definition) is 4. The third-order valence-electron chi connectivity index (χ3n) is 1.53. The second kappa shape index (κ2) is 7.06. The van der Waals surface area contributed by atoms with Gasteiger partial charge in [-0.3, -0.25) is 14.4 Å². The number of carbonyl (C=O) groups excluding carboxylic acids is 2. The molecular formula is C9H14O5. The van der Waals surface area contributed by atoms with Gasteiger partial charge in [-0.05, 0) is 12.8 Å². The summed E-state index contributed by atoms with van der Waals surface area (Å²) in [6.07, 6.45) is 2.03. The molecule has 0 radical (unpaired) electrons. The van der Waals surface area contributed by atoms with Gasteiger partial charge in [-0.25, -0.2) is 0 Å². The molecule has 0 unspecified atom stereocenters. The number of aliphatic carboxylic acids is 1. The minimum absolute atomic E-state index is 0.113. The Kier molecular flexibility index (Phi) is 6.36. The molecule has 0 aliphatic heterocycles. The molecule has 0 atom stereocenters. The Labute approximate surface area is 82.1 Å². The molecule has 0 aliphatic carbocycles. The van der Waals surface area contributed by atoms with Gasteiger partial charge in [-0.15, -0.1) is 0 Å². The molecule has 5 heteroatoms. The van der Waals surface area contributed by atoms with Crippen LogP contribution in [0.15, 0.2) is 0 Å². The first-order chi connectivity index (χ1) is 6.52. The van der Waals surface area contributed by atoms with E-state index in [0.29, 0.717) is 19.3 Å². The van der Waals surface area contributed by atoms with Crippen molar-refractivity contribution in [2.75, 3.05) is 0 Å². The lowest BCUT2D eigenvalue weighted by atomic mass is 10.1. The van der Waals surface area contributed by atoms with Gasteiger partial charge in [0.25, 0.3) is 0 Å². The second-order valence-electron chi connectivity index (χ2n) is 2.92. The Morgan fingerprint density at radius 1 is 1.07 bits per heavy atom. The van der Waals surface area contributed by atoms with E-state index in [1.165, 1.54) is 6.92 Å². The number of esters is 2. The number of carboxylic acids is 1. The minimum atomic E-state index is -0.837. The predicted octanol–water partition coefficient (Wildman–Crippen LogP) is 1.11.